The zero-order chi connectivity index (χ0) is 12.9. The van der Waals surface area contributed by atoms with E-state index in [1.807, 2.05) is 24.6 Å². The maximum atomic E-state index is 5.78. The smallest absolute Gasteiger partial charge is 0.137 e. The van der Waals surface area contributed by atoms with Crippen molar-refractivity contribution >= 4 is 23.5 Å². The predicted octanol–water partition coefficient (Wildman–Crippen LogP) is 2.61. The van der Waals surface area contributed by atoms with Crippen LogP contribution in [0.5, 0.6) is 5.75 Å². The number of rotatable bonds is 6. The van der Waals surface area contributed by atoms with Crippen molar-refractivity contribution < 1.29 is 9.22 Å². The molecule has 0 bridgehead atoms. The van der Waals surface area contributed by atoms with Crippen LogP contribution in [-0.4, -0.2) is 56.3 Å². The second-order valence-corrected chi connectivity index (χ2v) is 6.40. The number of thioether (sulfide) groups is 2. The Morgan fingerprint density at radius 2 is 1.65 bits per heavy atom. The van der Waals surface area contributed by atoms with Gasteiger partial charge in [0.05, 0.1) is 21.1 Å². The van der Waals surface area contributed by atoms with Crippen molar-refractivity contribution in [2.75, 3.05) is 46.8 Å². The molecule has 0 spiro atoms. The monoisotopic (exact) mass is 273 g/mol. The third kappa shape index (κ3) is 5.66. The first-order valence-electron chi connectivity index (χ1n) is 5.48. The number of pyridine rings is 1. The fourth-order valence-corrected chi connectivity index (χ4v) is 2.09. The van der Waals surface area contributed by atoms with Crippen molar-refractivity contribution in [1.82, 2.24) is 4.98 Å². The van der Waals surface area contributed by atoms with E-state index in [1.54, 1.807) is 23.5 Å². The highest BCUT2D eigenvalue weighted by Crippen LogP contribution is 2.24. The van der Waals surface area contributed by atoms with E-state index in [0.717, 1.165) is 33.4 Å². The summed E-state index contributed by atoms with van der Waals surface area (Å²) in [5.74, 6) is 0.919. The number of hydrogen-bond acceptors (Lipinski definition) is 4. The van der Waals surface area contributed by atoms with Crippen LogP contribution >= 0.6 is 23.5 Å². The molecule has 0 aromatic carbocycles. The highest BCUT2D eigenvalue weighted by atomic mass is 32.2. The summed E-state index contributed by atoms with van der Waals surface area (Å²) in [5.41, 5.74) is 0. The standard InChI is InChI=1S/C12H21N2OS2/c1-14(2,3)6-7-15-10-8-11(16-4)13-12(9-10)17-5/h8-9H,6-7H2,1-5H3/q+1. The second kappa shape index (κ2) is 6.52. The molecule has 0 amide bonds. The molecule has 0 unspecified atom stereocenters. The molecule has 0 radical (unpaired) electrons. The van der Waals surface area contributed by atoms with E-state index >= 15 is 0 Å². The molecule has 0 aliphatic heterocycles. The van der Waals surface area contributed by atoms with Gasteiger partial charge in [0.15, 0.2) is 0 Å². The van der Waals surface area contributed by atoms with Gasteiger partial charge >= 0.3 is 0 Å². The molecular weight excluding hydrogens is 252 g/mol. The molecule has 0 N–H and O–H groups in total. The first-order chi connectivity index (χ1) is 7.94. The number of hydrogen-bond donors (Lipinski definition) is 0. The molecule has 0 saturated heterocycles. The van der Waals surface area contributed by atoms with Crippen LogP contribution in [0.4, 0.5) is 0 Å². The van der Waals surface area contributed by atoms with Gasteiger partial charge in [0.25, 0.3) is 0 Å². The van der Waals surface area contributed by atoms with Gasteiger partial charge in [-0.15, -0.1) is 23.5 Å². The summed E-state index contributed by atoms with van der Waals surface area (Å²) in [6.45, 7) is 1.72. The van der Waals surface area contributed by atoms with Gasteiger partial charge in [-0.25, -0.2) is 4.98 Å². The van der Waals surface area contributed by atoms with E-state index in [1.165, 1.54) is 0 Å². The molecule has 1 heterocycles. The Morgan fingerprint density at radius 1 is 1.12 bits per heavy atom. The summed E-state index contributed by atoms with van der Waals surface area (Å²) >= 11 is 3.29. The number of aromatic nitrogens is 1. The molecule has 0 aliphatic rings. The minimum Gasteiger partial charge on any atom is -0.488 e. The molecule has 0 saturated carbocycles. The van der Waals surface area contributed by atoms with E-state index < -0.39 is 0 Å². The van der Waals surface area contributed by atoms with Gasteiger partial charge in [0.1, 0.15) is 29.0 Å². The van der Waals surface area contributed by atoms with Crippen molar-refractivity contribution in [1.29, 1.82) is 0 Å². The average Bonchev–Trinajstić information content (AvgIpc) is 2.26. The third-order valence-corrected chi connectivity index (χ3v) is 3.46. The molecule has 3 nitrogen and oxygen atoms in total. The van der Waals surface area contributed by atoms with Gasteiger partial charge < -0.3 is 9.22 Å². The molecule has 0 fully saturated rings. The molecule has 17 heavy (non-hydrogen) atoms. The summed E-state index contributed by atoms with van der Waals surface area (Å²) in [6.07, 6.45) is 4.06. The number of likely N-dealkylation sites (N-methyl/N-ethyl adjacent to an activating group) is 1. The fraction of sp³-hybridized carbons (Fsp3) is 0.583. The van der Waals surface area contributed by atoms with Crippen LogP contribution in [0.1, 0.15) is 0 Å². The molecule has 1 aromatic heterocycles. The van der Waals surface area contributed by atoms with Crippen LogP contribution in [0.3, 0.4) is 0 Å². The van der Waals surface area contributed by atoms with Crippen LogP contribution in [0, 0.1) is 0 Å². The zero-order valence-corrected chi connectivity index (χ0v) is 12.8. The number of nitrogens with zero attached hydrogens (tertiary/aromatic N) is 2. The normalized spacial score (nSPS) is 11.6. The molecule has 96 valence electrons. The first kappa shape index (κ1) is 14.7. The highest BCUT2D eigenvalue weighted by Gasteiger charge is 2.08. The van der Waals surface area contributed by atoms with Crippen molar-refractivity contribution in [3.05, 3.63) is 12.1 Å². The van der Waals surface area contributed by atoms with E-state index in [-0.39, 0.29) is 0 Å². The lowest BCUT2D eigenvalue weighted by atomic mass is 10.4. The number of ether oxygens (including phenoxy) is 1. The average molecular weight is 273 g/mol. The van der Waals surface area contributed by atoms with Gasteiger partial charge in [-0.2, -0.15) is 0 Å². The lowest BCUT2D eigenvalue weighted by molar-refractivity contribution is -0.870. The third-order valence-electron chi connectivity index (χ3n) is 2.20. The summed E-state index contributed by atoms with van der Waals surface area (Å²) in [6, 6.07) is 4.00. The summed E-state index contributed by atoms with van der Waals surface area (Å²) in [4.78, 5) is 4.47. The van der Waals surface area contributed by atoms with E-state index in [2.05, 4.69) is 26.1 Å². The molecule has 5 heteroatoms. The van der Waals surface area contributed by atoms with E-state index in [4.69, 9.17) is 4.74 Å². The highest BCUT2D eigenvalue weighted by molar-refractivity contribution is 7.99. The summed E-state index contributed by atoms with van der Waals surface area (Å²) in [5, 5.41) is 2.02. The van der Waals surface area contributed by atoms with Gasteiger partial charge in [-0.05, 0) is 12.5 Å². The van der Waals surface area contributed by atoms with Crippen molar-refractivity contribution in [3.8, 4) is 5.75 Å². The largest absolute Gasteiger partial charge is 0.488 e. The van der Waals surface area contributed by atoms with Crippen LogP contribution in [0.15, 0.2) is 22.2 Å². The minimum absolute atomic E-state index is 0.731. The van der Waals surface area contributed by atoms with Crippen molar-refractivity contribution in [2.45, 2.75) is 10.1 Å². The van der Waals surface area contributed by atoms with E-state index in [9.17, 15) is 0 Å². The Bertz CT molecular complexity index is 342. The summed E-state index contributed by atoms with van der Waals surface area (Å²) in [7, 11) is 6.49. The Morgan fingerprint density at radius 3 is 2.06 bits per heavy atom. The Balaban J connectivity index is 2.64. The van der Waals surface area contributed by atoms with Gasteiger partial charge in [0.2, 0.25) is 0 Å². The van der Waals surface area contributed by atoms with Crippen LogP contribution in [-0.2, 0) is 0 Å². The Hall–Kier alpha value is -0.390. The molecule has 0 atom stereocenters. The van der Waals surface area contributed by atoms with Crippen LogP contribution in [0.2, 0.25) is 0 Å². The van der Waals surface area contributed by atoms with E-state index in [0.29, 0.717) is 0 Å². The van der Waals surface area contributed by atoms with Gasteiger partial charge in [0, 0.05) is 12.1 Å². The maximum absolute atomic E-state index is 5.78. The topological polar surface area (TPSA) is 22.1 Å². The zero-order valence-electron chi connectivity index (χ0n) is 11.2. The van der Waals surface area contributed by atoms with Gasteiger partial charge in [-0.1, -0.05) is 0 Å². The van der Waals surface area contributed by atoms with Crippen LogP contribution in [0.25, 0.3) is 0 Å². The van der Waals surface area contributed by atoms with Gasteiger partial charge in [-0.3, -0.25) is 0 Å². The Labute approximate surface area is 113 Å². The maximum Gasteiger partial charge on any atom is 0.137 e. The summed E-state index contributed by atoms with van der Waals surface area (Å²) < 4.78 is 6.70. The van der Waals surface area contributed by atoms with Crippen molar-refractivity contribution in [3.63, 3.8) is 0 Å². The molecular formula is C12H21N2OS2+. The number of quaternary nitrogens is 1. The second-order valence-electron chi connectivity index (χ2n) is 4.75. The lowest BCUT2D eigenvalue weighted by Gasteiger charge is -2.23. The quantitative estimate of drug-likeness (QED) is 0.587. The molecule has 1 rings (SSSR count). The first-order valence-corrected chi connectivity index (χ1v) is 7.93. The molecule has 0 aliphatic carbocycles. The fourth-order valence-electron chi connectivity index (χ4n) is 1.19. The lowest BCUT2D eigenvalue weighted by Crippen LogP contribution is -2.38. The minimum atomic E-state index is 0.731. The predicted molar refractivity (Wildman–Crippen MR) is 76.2 cm³/mol. The molecule has 1 aromatic rings. The SMILES string of the molecule is CSc1cc(OCC[N+](C)(C)C)cc(SC)n1. The Kier molecular flexibility index (Phi) is 5.62. The van der Waals surface area contributed by atoms with Crippen molar-refractivity contribution in [2.24, 2.45) is 0 Å². The van der Waals surface area contributed by atoms with Crippen LogP contribution < -0.4 is 4.74 Å².